The van der Waals surface area contributed by atoms with Crippen molar-refractivity contribution in [2.45, 2.75) is 143 Å². The lowest BCUT2D eigenvalue weighted by Gasteiger charge is -2.37. The Morgan fingerprint density at radius 1 is 1.02 bits per heavy atom. The molecule has 3 amide bonds. The number of nitrogens with zero attached hydrogens (tertiary/aromatic N) is 2. The van der Waals surface area contributed by atoms with Crippen molar-refractivity contribution in [3.05, 3.63) is 0 Å². The Hall–Kier alpha value is -1.36. The van der Waals surface area contributed by atoms with Gasteiger partial charge in [0.25, 0.3) is 0 Å². The average molecular weight is 653 g/mol. The van der Waals surface area contributed by atoms with Crippen molar-refractivity contribution in [1.82, 2.24) is 20.4 Å². The number of hydrogen-bond donors (Lipinski definition) is 2. The van der Waals surface area contributed by atoms with Gasteiger partial charge in [0.15, 0.2) is 0 Å². The van der Waals surface area contributed by atoms with E-state index in [0.29, 0.717) is 18.9 Å². The highest BCUT2D eigenvalue weighted by Gasteiger charge is 2.52. The summed E-state index contributed by atoms with van der Waals surface area (Å²) in [7, 11) is 0. The minimum atomic E-state index is -0.876. The second kappa shape index (κ2) is 17.2. The second-order valence-electron chi connectivity index (χ2n) is 15.5. The molecule has 2 saturated heterocycles. The highest BCUT2D eigenvalue weighted by atomic mass is 32.2. The van der Waals surface area contributed by atoms with E-state index < -0.39 is 23.3 Å². The van der Waals surface area contributed by atoms with Crippen molar-refractivity contribution >= 4 is 29.7 Å². The minimum Gasteiger partial charge on any atom is -0.444 e. The molecule has 45 heavy (non-hydrogen) atoms. The fraction of sp³-hybridized carbons (Fsp3) is 0.914. The number of amides is 3. The molecule has 0 spiro atoms. The third-order valence-corrected chi connectivity index (χ3v) is 10.9. The predicted octanol–water partition coefficient (Wildman–Crippen LogP) is 6.06. The number of nitrogens with one attached hydrogen (secondary N) is 2. The molecule has 2 N–H and O–H groups in total. The zero-order valence-corrected chi connectivity index (χ0v) is 30.6. The quantitative estimate of drug-likeness (QED) is 0.248. The fourth-order valence-electron chi connectivity index (χ4n) is 7.18. The van der Waals surface area contributed by atoms with Crippen LogP contribution in [0.15, 0.2) is 0 Å². The van der Waals surface area contributed by atoms with Gasteiger partial charge in [-0.15, -0.1) is 0 Å². The Bertz CT molecular complexity index is 958. The Morgan fingerprint density at radius 3 is 2.24 bits per heavy atom. The number of hydrogen-bond acceptors (Lipinski definition) is 8. The molecule has 0 radical (unpaired) electrons. The number of ether oxygens (including phenoxy) is 2. The summed E-state index contributed by atoms with van der Waals surface area (Å²) in [6, 6.07) is -0.639. The Morgan fingerprint density at radius 2 is 1.67 bits per heavy atom. The Labute approximate surface area is 278 Å². The van der Waals surface area contributed by atoms with E-state index in [1.165, 1.54) is 19.3 Å². The van der Waals surface area contributed by atoms with Gasteiger partial charge in [-0.2, -0.15) is 11.8 Å². The van der Waals surface area contributed by atoms with E-state index in [0.717, 1.165) is 56.8 Å². The van der Waals surface area contributed by atoms with Crippen molar-refractivity contribution in [3.8, 4) is 0 Å². The molecule has 260 valence electrons. The number of thioether (sulfide) groups is 1. The predicted molar refractivity (Wildman–Crippen MR) is 183 cm³/mol. The second-order valence-corrected chi connectivity index (χ2v) is 16.7. The van der Waals surface area contributed by atoms with E-state index in [4.69, 9.17) is 9.47 Å². The van der Waals surface area contributed by atoms with Gasteiger partial charge in [-0.05, 0) is 65.2 Å². The summed E-state index contributed by atoms with van der Waals surface area (Å²) in [5.41, 5.74) is -1.51. The first-order chi connectivity index (χ1) is 21.1. The van der Waals surface area contributed by atoms with Crippen molar-refractivity contribution in [2.75, 3.05) is 37.7 Å². The summed E-state index contributed by atoms with van der Waals surface area (Å²) in [4.78, 5) is 45.3. The van der Waals surface area contributed by atoms with E-state index in [2.05, 4.69) is 29.4 Å². The van der Waals surface area contributed by atoms with Crippen LogP contribution in [0.2, 0.25) is 0 Å². The zero-order chi connectivity index (χ0) is 33.4. The van der Waals surface area contributed by atoms with Crippen LogP contribution in [0, 0.1) is 23.7 Å². The minimum absolute atomic E-state index is 0.0117. The number of carbonyl (C=O) groups is 3. The average Bonchev–Trinajstić information content (AvgIpc) is 3.22. The largest absolute Gasteiger partial charge is 0.444 e. The molecule has 0 aromatic heterocycles. The monoisotopic (exact) mass is 652 g/mol. The summed E-state index contributed by atoms with van der Waals surface area (Å²) < 4.78 is 12.5. The van der Waals surface area contributed by atoms with Crippen molar-refractivity contribution in [3.63, 3.8) is 0 Å². The SMILES string of the molecule is CC[C@H](C)[C@H](NCCN1CCSCC1)C(=O)NC(=O)[C@@H](C[C@@H]1OC(C)(C)N(C(=O)OC(C)(C)C)[C@H]1CC1CCCCC1)C(C)C. The summed E-state index contributed by atoms with van der Waals surface area (Å²) in [6.07, 6.45) is 7.36. The number of imide groups is 1. The van der Waals surface area contributed by atoms with E-state index >= 15 is 0 Å². The van der Waals surface area contributed by atoms with Gasteiger partial charge >= 0.3 is 6.09 Å². The molecule has 1 saturated carbocycles. The third-order valence-electron chi connectivity index (χ3n) is 9.94. The van der Waals surface area contributed by atoms with Gasteiger partial charge in [-0.25, -0.2) is 4.79 Å². The van der Waals surface area contributed by atoms with E-state index in [1.807, 2.05) is 60.2 Å². The molecule has 3 aliphatic rings. The summed E-state index contributed by atoms with van der Waals surface area (Å²) >= 11 is 1.99. The standard InChI is InChI=1S/C35H64N4O5S/c1-10-25(4)30(36-16-17-38-18-20-45-21-19-38)32(41)37-31(40)27(24(2)3)23-29-28(22-26-14-12-11-13-15-26)39(35(8,9)43-29)33(42)44-34(5,6)7/h24-30,36H,10-23H2,1-9H3,(H,37,40,41)/t25-,27-,28-,29-,30-/m0/s1. The molecule has 0 aromatic carbocycles. The Kier molecular flexibility index (Phi) is 14.5. The van der Waals surface area contributed by atoms with Crippen LogP contribution in [-0.4, -0.2) is 94.9 Å². The van der Waals surface area contributed by atoms with Crippen LogP contribution in [0.5, 0.6) is 0 Å². The van der Waals surface area contributed by atoms with Crippen LogP contribution in [0.3, 0.4) is 0 Å². The zero-order valence-electron chi connectivity index (χ0n) is 29.8. The van der Waals surface area contributed by atoms with Crippen molar-refractivity contribution < 1.29 is 23.9 Å². The van der Waals surface area contributed by atoms with Crippen molar-refractivity contribution in [2.24, 2.45) is 23.7 Å². The molecule has 9 nitrogen and oxygen atoms in total. The molecule has 0 unspecified atom stereocenters. The van der Waals surface area contributed by atoms with Gasteiger partial charge in [0.2, 0.25) is 11.8 Å². The van der Waals surface area contributed by atoms with Crippen LogP contribution in [-0.2, 0) is 19.1 Å². The maximum Gasteiger partial charge on any atom is 0.412 e. The smallest absolute Gasteiger partial charge is 0.412 e. The fourth-order valence-corrected chi connectivity index (χ4v) is 8.16. The van der Waals surface area contributed by atoms with Crippen molar-refractivity contribution in [1.29, 1.82) is 0 Å². The first-order valence-electron chi connectivity index (χ1n) is 17.7. The van der Waals surface area contributed by atoms with Gasteiger partial charge < -0.3 is 19.7 Å². The topological polar surface area (TPSA) is 100 Å². The molecule has 10 heteroatoms. The molecule has 0 bridgehead atoms. The first-order valence-corrected chi connectivity index (χ1v) is 18.9. The van der Waals surface area contributed by atoms with Crippen LogP contribution in [0.1, 0.15) is 114 Å². The highest BCUT2D eigenvalue weighted by molar-refractivity contribution is 7.99. The summed E-state index contributed by atoms with van der Waals surface area (Å²) in [5, 5.41) is 6.27. The van der Waals surface area contributed by atoms with E-state index in [1.54, 1.807) is 4.90 Å². The molecule has 3 rings (SSSR count). The van der Waals surface area contributed by atoms with Crippen LogP contribution in [0.4, 0.5) is 4.79 Å². The molecular weight excluding hydrogens is 588 g/mol. The number of rotatable bonds is 13. The van der Waals surface area contributed by atoms with Gasteiger partial charge in [-0.1, -0.05) is 66.2 Å². The lowest BCUT2D eigenvalue weighted by Crippen LogP contribution is -2.53. The normalized spacial score (nSPS) is 25.2. The molecular formula is C35H64N4O5S. The van der Waals surface area contributed by atoms with Crippen LogP contribution in [0.25, 0.3) is 0 Å². The van der Waals surface area contributed by atoms with E-state index in [9.17, 15) is 14.4 Å². The van der Waals surface area contributed by atoms with E-state index in [-0.39, 0.29) is 41.9 Å². The summed E-state index contributed by atoms with van der Waals surface area (Å²) in [5.74, 6) is 1.94. The van der Waals surface area contributed by atoms with Crippen LogP contribution >= 0.6 is 11.8 Å². The maximum atomic E-state index is 13.8. The summed E-state index contributed by atoms with van der Waals surface area (Å²) in [6.45, 7) is 21.4. The molecule has 2 aliphatic heterocycles. The molecule has 0 aromatic rings. The van der Waals surface area contributed by atoms with Gasteiger partial charge in [0.05, 0.1) is 18.2 Å². The molecule has 5 atom stereocenters. The third kappa shape index (κ3) is 11.4. The van der Waals surface area contributed by atoms with Gasteiger partial charge in [0.1, 0.15) is 11.3 Å². The lowest BCUT2D eigenvalue weighted by atomic mass is 9.81. The molecule has 3 fully saturated rings. The number of carbonyl (C=O) groups excluding carboxylic acids is 3. The van der Waals surface area contributed by atoms with Crippen LogP contribution < -0.4 is 10.6 Å². The van der Waals surface area contributed by atoms with Gasteiger partial charge in [0, 0.05) is 43.6 Å². The molecule has 1 aliphatic carbocycles. The maximum absolute atomic E-state index is 13.8. The lowest BCUT2D eigenvalue weighted by molar-refractivity contribution is -0.137. The highest BCUT2D eigenvalue weighted by Crippen LogP contribution is 2.42. The molecule has 2 heterocycles. The van der Waals surface area contributed by atoms with Gasteiger partial charge in [-0.3, -0.25) is 19.8 Å². The first kappa shape index (κ1) is 38.1. The Balaban J connectivity index is 1.74.